The zero-order valence-corrected chi connectivity index (χ0v) is 20.6. The smallest absolute Gasteiger partial charge is 0.305 e. The molecule has 0 saturated heterocycles. The Morgan fingerprint density at radius 3 is 2.78 bits per heavy atom. The van der Waals surface area contributed by atoms with Crippen molar-refractivity contribution < 1.29 is 19.7 Å². The van der Waals surface area contributed by atoms with Gasteiger partial charge in [-0.25, -0.2) is 0 Å². The summed E-state index contributed by atoms with van der Waals surface area (Å²) in [6.45, 7) is 2.21. The summed E-state index contributed by atoms with van der Waals surface area (Å²) in [4.78, 5) is 12.3. The van der Waals surface area contributed by atoms with E-state index in [2.05, 4.69) is 29.9 Å². The first-order valence-corrected chi connectivity index (χ1v) is 12.8. The summed E-state index contributed by atoms with van der Waals surface area (Å²) < 4.78 is 5.42. The van der Waals surface area contributed by atoms with Gasteiger partial charge < -0.3 is 14.9 Å². The van der Waals surface area contributed by atoms with Crippen molar-refractivity contribution in [1.29, 1.82) is 0 Å². The fraction of sp³-hybridized carbons (Fsp3) is 0.577. The molecule has 0 aromatic carbocycles. The SMILES string of the molecule is COC(=O)CCCC=CCC1=C(C=CCC(O)[C@@]2(c3ccc(Cl)s3)CC[C@H]2C)[C@H](O)CC1. The molecule has 4 atom stereocenters. The average molecular weight is 479 g/mol. The Bertz CT molecular complexity index is 871. The van der Waals surface area contributed by atoms with Crippen LogP contribution in [0.3, 0.4) is 0 Å². The van der Waals surface area contributed by atoms with Gasteiger partial charge in [0.25, 0.3) is 0 Å². The van der Waals surface area contributed by atoms with Crippen LogP contribution < -0.4 is 0 Å². The van der Waals surface area contributed by atoms with E-state index in [9.17, 15) is 15.0 Å². The van der Waals surface area contributed by atoms with Gasteiger partial charge >= 0.3 is 5.97 Å². The van der Waals surface area contributed by atoms with E-state index in [1.54, 1.807) is 11.3 Å². The second-order valence-corrected chi connectivity index (χ2v) is 10.7. The molecule has 1 aromatic heterocycles. The minimum atomic E-state index is -0.463. The number of hydrogen-bond acceptors (Lipinski definition) is 5. The van der Waals surface area contributed by atoms with Crippen molar-refractivity contribution in [3.05, 3.63) is 56.8 Å². The number of halogens is 1. The van der Waals surface area contributed by atoms with Crippen molar-refractivity contribution in [2.24, 2.45) is 5.92 Å². The second kappa shape index (κ2) is 11.6. The summed E-state index contributed by atoms with van der Waals surface area (Å²) in [5, 5.41) is 21.6. The maximum Gasteiger partial charge on any atom is 0.305 e. The molecule has 176 valence electrons. The highest BCUT2D eigenvalue weighted by molar-refractivity contribution is 7.16. The van der Waals surface area contributed by atoms with E-state index < -0.39 is 12.2 Å². The molecule has 3 rings (SSSR count). The van der Waals surface area contributed by atoms with Crippen LogP contribution in [0.2, 0.25) is 4.34 Å². The molecule has 0 bridgehead atoms. The van der Waals surface area contributed by atoms with E-state index in [1.165, 1.54) is 17.6 Å². The van der Waals surface area contributed by atoms with Gasteiger partial charge in [0.1, 0.15) is 0 Å². The number of methoxy groups -OCH3 is 1. The van der Waals surface area contributed by atoms with Crippen LogP contribution >= 0.6 is 22.9 Å². The largest absolute Gasteiger partial charge is 0.469 e. The van der Waals surface area contributed by atoms with Crippen LogP contribution in [-0.2, 0) is 14.9 Å². The standard InChI is InChI=1S/C26H35ClO4S/c1-18-16-17-26(18,23-14-15-24(27)32-23)22(29)10-7-9-20-19(12-13-21(20)28)8-5-3-4-6-11-25(30)31-2/h3,5,7,9,14-15,18,21-22,28-29H,4,6,8,10-13,16-17H2,1-2H3/t18-,21-,22?,26-/m1/s1. The highest BCUT2D eigenvalue weighted by atomic mass is 35.5. The van der Waals surface area contributed by atoms with E-state index in [4.69, 9.17) is 11.6 Å². The molecule has 6 heteroatoms. The van der Waals surface area contributed by atoms with Crippen LogP contribution in [0.4, 0.5) is 0 Å². The molecule has 0 spiro atoms. The van der Waals surface area contributed by atoms with Crippen LogP contribution in [0.1, 0.15) is 69.6 Å². The molecule has 1 aromatic rings. The van der Waals surface area contributed by atoms with Gasteiger partial charge in [-0.15, -0.1) is 11.3 Å². The van der Waals surface area contributed by atoms with Crippen LogP contribution in [0.15, 0.2) is 47.6 Å². The topological polar surface area (TPSA) is 66.8 Å². The number of carbonyl (C=O) groups is 1. The summed E-state index contributed by atoms with van der Waals surface area (Å²) in [5.41, 5.74) is 2.04. The molecule has 0 amide bonds. The van der Waals surface area contributed by atoms with Gasteiger partial charge in [-0.2, -0.15) is 0 Å². The molecule has 2 aliphatic rings. The number of aliphatic hydroxyl groups excluding tert-OH is 2. The highest BCUT2D eigenvalue weighted by Gasteiger charge is 2.51. The zero-order chi connectivity index (χ0) is 23.1. The van der Waals surface area contributed by atoms with Crippen LogP contribution in [0, 0.1) is 5.92 Å². The van der Waals surface area contributed by atoms with E-state index in [0.29, 0.717) is 18.8 Å². The second-order valence-electron chi connectivity index (χ2n) is 8.99. The van der Waals surface area contributed by atoms with Crippen LogP contribution in [0.5, 0.6) is 0 Å². The van der Waals surface area contributed by atoms with Gasteiger partial charge in [0, 0.05) is 16.7 Å². The fourth-order valence-electron chi connectivity index (χ4n) is 4.97. The van der Waals surface area contributed by atoms with Crippen LogP contribution in [0.25, 0.3) is 0 Å². The average Bonchev–Trinajstić information content (AvgIpc) is 3.35. The van der Waals surface area contributed by atoms with Gasteiger partial charge in [0.05, 0.1) is 23.7 Å². The van der Waals surface area contributed by atoms with Gasteiger partial charge in [0.2, 0.25) is 0 Å². The minimum absolute atomic E-state index is 0.171. The van der Waals surface area contributed by atoms with Crippen molar-refractivity contribution in [3.63, 3.8) is 0 Å². The number of aliphatic hydroxyl groups is 2. The number of carbonyl (C=O) groups excluding carboxylic acids is 1. The van der Waals surface area contributed by atoms with Crippen molar-refractivity contribution in [2.45, 2.75) is 82.3 Å². The maximum atomic E-state index is 11.2. The quantitative estimate of drug-likeness (QED) is 0.228. The maximum absolute atomic E-state index is 11.2. The summed E-state index contributed by atoms with van der Waals surface area (Å²) in [6.07, 6.45) is 14.6. The molecule has 0 radical (unpaired) electrons. The molecule has 2 N–H and O–H groups in total. The Kier molecular flexibility index (Phi) is 9.18. The highest BCUT2D eigenvalue weighted by Crippen LogP contribution is 2.54. The third kappa shape index (κ3) is 5.74. The third-order valence-electron chi connectivity index (χ3n) is 7.15. The van der Waals surface area contributed by atoms with E-state index in [1.807, 2.05) is 18.2 Å². The number of rotatable bonds is 11. The van der Waals surface area contributed by atoms with E-state index >= 15 is 0 Å². The molecule has 32 heavy (non-hydrogen) atoms. The number of unbranched alkanes of at least 4 members (excludes halogenated alkanes) is 1. The lowest BCUT2D eigenvalue weighted by Crippen LogP contribution is -2.51. The van der Waals surface area contributed by atoms with Gasteiger partial charge in [-0.1, -0.05) is 48.4 Å². The fourth-order valence-corrected chi connectivity index (χ4v) is 6.40. The Hall–Kier alpha value is -1.40. The van der Waals surface area contributed by atoms with Crippen molar-refractivity contribution >= 4 is 28.9 Å². The Balaban J connectivity index is 1.58. The minimum Gasteiger partial charge on any atom is -0.469 e. The molecule has 1 saturated carbocycles. The normalized spacial score (nSPS) is 26.8. The number of allylic oxidation sites excluding steroid dienone is 3. The predicted molar refractivity (Wildman–Crippen MR) is 131 cm³/mol. The lowest BCUT2D eigenvalue weighted by atomic mass is 9.56. The lowest BCUT2D eigenvalue weighted by molar-refractivity contribution is -0.140. The monoisotopic (exact) mass is 478 g/mol. The van der Waals surface area contributed by atoms with E-state index in [0.717, 1.165) is 54.9 Å². The number of esters is 1. The number of hydrogen-bond donors (Lipinski definition) is 2. The molecular formula is C26H35ClO4S. The number of ether oxygens (including phenoxy) is 1. The summed E-state index contributed by atoms with van der Waals surface area (Å²) in [5.74, 6) is 0.256. The zero-order valence-electron chi connectivity index (χ0n) is 19.1. The van der Waals surface area contributed by atoms with Gasteiger partial charge in [-0.3, -0.25) is 4.79 Å². The number of thiophene rings is 1. The Labute approximate surface area is 200 Å². The third-order valence-corrected chi connectivity index (χ3v) is 8.58. The lowest BCUT2D eigenvalue weighted by Gasteiger charge is -2.50. The van der Waals surface area contributed by atoms with Gasteiger partial charge in [-0.05, 0) is 75.0 Å². The molecule has 1 heterocycles. The first-order chi connectivity index (χ1) is 15.4. The molecule has 0 aliphatic heterocycles. The summed E-state index contributed by atoms with van der Waals surface area (Å²) >= 11 is 7.75. The Morgan fingerprint density at radius 2 is 2.16 bits per heavy atom. The first kappa shape index (κ1) is 25.2. The molecule has 4 nitrogen and oxygen atoms in total. The predicted octanol–water partition coefficient (Wildman–Crippen LogP) is 6.12. The summed E-state index contributed by atoms with van der Waals surface area (Å²) in [7, 11) is 1.41. The first-order valence-electron chi connectivity index (χ1n) is 11.6. The van der Waals surface area contributed by atoms with Gasteiger partial charge in [0.15, 0.2) is 0 Å². The summed E-state index contributed by atoms with van der Waals surface area (Å²) in [6, 6.07) is 3.99. The van der Waals surface area contributed by atoms with Crippen LogP contribution in [-0.4, -0.2) is 35.5 Å². The van der Waals surface area contributed by atoms with Crippen molar-refractivity contribution in [2.75, 3.05) is 7.11 Å². The molecule has 1 fully saturated rings. The van der Waals surface area contributed by atoms with E-state index in [-0.39, 0.29) is 11.4 Å². The molecular weight excluding hydrogens is 444 g/mol. The molecule has 1 unspecified atom stereocenters. The van der Waals surface area contributed by atoms with Crippen molar-refractivity contribution in [3.8, 4) is 0 Å². The van der Waals surface area contributed by atoms with Crippen molar-refractivity contribution in [1.82, 2.24) is 0 Å². The molecule has 2 aliphatic carbocycles. The Morgan fingerprint density at radius 1 is 1.34 bits per heavy atom.